The number of para-hydroxylation sites is 1. The summed E-state index contributed by atoms with van der Waals surface area (Å²) in [5.41, 5.74) is 6.89. The van der Waals surface area contributed by atoms with Crippen molar-refractivity contribution < 1.29 is 14.3 Å². The van der Waals surface area contributed by atoms with Crippen LogP contribution in [0.5, 0.6) is 5.75 Å². The summed E-state index contributed by atoms with van der Waals surface area (Å²) in [7, 11) is 0. The van der Waals surface area contributed by atoms with E-state index in [1.807, 2.05) is 30.3 Å². The summed E-state index contributed by atoms with van der Waals surface area (Å²) in [6.45, 7) is 0.724. The van der Waals surface area contributed by atoms with Crippen molar-refractivity contribution in [3.8, 4) is 5.75 Å². The molecular formula is C16H18N2O3. The minimum atomic E-state index is -0.222. The van der Waals surface area contributed by atoms with Crippen LogP contribution in [0.4, 0.5) is 11.4 Å². The van der Waals surface area contributed by atoms with Crippen molar-refractivity contribution in [1.82, 2.24) is 0 Å². The van der Waals surface area contributed by atoms with E-state index in [0.29, 0.717) is 24.6 Å². The Bertz CT molecular complexity index is 573. The quantitative estimate of drug-likeness (QED) is 0.605. The van der Waals surface area contributed by atoms with Crippen LogP contribution < -0.4 is 15.8 Å². The fraction of sp³-hybridized carbons (Fsp3) is 0.188. The first-order valence-corrected chi connectivity index (χ1v) is 6.65. The van der Waals surface area contributed by atoms with Gasteiger partial charge in [-0.25, -0.2) is 0 Å². The molecule has 0 bridgehead atoms. The Morgan fingerprint density at radius 1 is 1.05 bits per heavy atom. The highest BCUT2D eigenvalue weighted by Gasteiger charge is 2.02. The van der Waals surface area contributed by atoms with Gasteiger partial charge in [0.05, 0.1) is 6.61 Å². The van der Waals surface area contributed by atoms with Crippen LogP contribution in [0.1, 0.15) is 0 Å². The van der Waals surface area contributed by atoms with E-state index in [2.05, 4.69) is 5.32 Å². The van der Waals surface area contributed by atoms with Crippen molar-refractivity contribution in [3.05, 3.63) is 54.6 Å². The molecule has 3 N–H and O–H groups in total. The normalized spacial score (nSPS) is 10.1. The van der Waals surface area contributed by atoms with Crippen LogP contribution >= 0.6 is 0 Å². The topological polar surface area (TPSA) is 73.6 Å². The fourth-order valence-corrected chi connectivity index (χ4v) is 1.71. The molecule has 0 spiro atoms. The van der Waals surface area contributed by atoms with E-state index in [9.17, 15) is 4.79 Å². The molecule has 0 atom stereocenters. The van der Waals surface area contributed by atoms with Gasteiger partial charge in [-0.2, -0.15) is 0 Å². The highest BCUT2D eigenvalue weighted by Crippen LogP contribution is 2.11. The van der Waals surface area contributed by atoms with Crippen LogP contribution in [0.15, 0.2) is 54.6 Å². The van der Waals surface area contributed by atoms with Gasteiger partial charge in [-0.3, -0.25) is 4.79 Å². The maximum Gasteiger partial charge on any atom is 0.250 e. The zero-order valence-electron chi connectivity index (χ0n) is 11.6. The number of anilines is 2. The molecule has 0 aliphatic heterocycles. The molecule has 0 radical (unpaired) electrons. The molecule has 1 amide bonds. The zero-order chi connectivity index (χ0) is 14.9. The molecule has 5 nitrogen and oxygen atoms in total. The molecule has 0 aliphatic rings. The predicted molar refractivity (Wildman–Crippen MR) is 82.2 cm³/mol. The number of ether oxygens (including phenoxy) is 2. The second-order valence-corrected chi connectivity index (χ2v) is 4.39. The van der Waals surface area contributed by atoms with Crippen molar-refractivity contribution in [3.63, 3.8) is 0 Å². The zero-order valence-corrected chi connectivity index (χ0v) is 11.6. The Hall–Kier alpha value is -2.53. The van der Waals surface area contributed by atoms with E-state index in [1.54, 1.807) is 24.3 Å². The van der Waals surface area contributed by atoms with E-state index in [0.717, 1.165) is 5.75 Å². The summed E-state index contributed by atoms with van der Waals surface area (Å²) in [6.07, 6.45) is 0. The van der Waals surface area contributed by atoms with Crippen molar-refractivity contribution in [1.29, 1.82) is 0 Å². The number of carbonyl (C=O) groups is 1. The monoisotopic (exact) mass is 286 g/mol. The average molecular weight is 286 g/mol. The van der Waals surface area contributed by atoms with Gasteiger partial charge in [0.2, 0.25) is 5.91 Å². The number of nitrogen functional groups attached to an aromatic ring is 1. The number of amides is 1. The second-order valence-electron chi connectivity index (χ2n) is 4.39. The Labute approximate surface area is 123 Å². The van der Waals surface area contributed by atoms with Crippen LogP contribution in [0, 0.1) is 0 Å². The predicted octanol–water partition coefficient (Wildman–Crippen LogP) is 2.30. The molecule has 110 valence electrons. The number of carbonyl (C=O) groups excluding carboxylic acids is 1. The number of rotatable bonds is 7. The third-order valence-corrected chi connectivity index (χ3v) is 2.64. The molecule has 2 aromatic rings. The third kappa shape index (κ3) is 5.54. The largest absolute Gasteiger partial charge is 0.491 e. The number of nitrogens with two attached hydrogens (primary N) is 1. The van der Waals surface area contributed by atoms with Gasteiger partial charge in [0.1, 0.15) is 19.0 Å². The minimum absolute atomic E-state index is 0.0209. The Morgan fingerprint density at radius 2 is 1.86 bits per heavy atom. The number of hydrogen-bond acceptors (Lipinski definition) is 4. The van der Waals surface area contributed by atoms with Crippen molar-refractivity contribution in [2.45, 2.75) is 0 Å². The van der Waals surface area contributed by atoms with Gasteiger partial charge in [0.25, 0.3) is 0 Å². The van der Waals surface area contributed by atoms with E-state index < -0.39 is 0 Å². The molecule has 0 saturated carbocycles. The molecule has 0 saturated heterocycles. The lowest BCUT2D eigenvalue weighted by Crippen LogP contribution is -2.20. The Balaban J connectivity index is 1.61. The molecule has 0 fully saturated rings. The minimum Gasteiger partial charge on any atom is -0.491 e. The summed E-state index contributed by atoms with van der Waals surface area (Å²) < 4.78 is 10.7. The van der Waals surface area contributed by atoms with Gasteiger partial charge < -0.3 is 20.5 Å². The van der Waals surface area contributed by atoms with Crippen molar-refractivity contribution >= 4 is 17.3 Å². The van der Waals surface area contributed by atoms with Crippen LogP contribution in [0.25, 0.3) is 0 Å². The first-order chi connectivity index (χ1) is 10.2. The SMILES string of the molecule is Nc1cccc(NC(=O)COCCOc2ccccc2)c1. The lowest BCUT2D eigenvalue weighted by atomic mass is 10.3. The molecule has 2 aromatic carbocycles. The van der Waals surface area contributed by atoms with E-state index in [-0.39, 0.29) is 12.5 Å². The molecular weight excluding hydrogens is 268 g/mol. The van der Waals surface area contributed by atoms with E-state index >= 15 is 0 Å². The molecule has 2 rings (SSSR count). The lowest BCUT2D eigenvalue weighted by Gasteiger charge is -2.08. The Morgan fingerprint density at radius 3 is 2.62 bits per heavy atom. The number of benzene rings is 2. The highest BCUT2D eigenvalue weighted by atomic mass is 16.5. The molecule has 0 unspecified atom stereocenters. The summed E-state index contributed by atoms with van der Waals surface area (Å²) in [6, 6.07) is 16.4. The second kappa shape index (κ2) is 7.91. The van der Waals surface area contributed by atoms with Gasteiger partial charge in [-0.05, 0) is 30.3 Å². The molecule has 0 heterocycles. The third-order valence-electron chi connectivity index (χ3n) is 2.64. The first kappa shape index (κ1) is 14.9. The van der Waals surface area contributed by atoms with Crippen molar-refractivity contribution in [2.24, 2.45) is 0 Å². The van der Waals surface area contributed by atoms with Gasteiger partial charge in [-0.1, -0.05) is 24.3 Å². The lowest BCUT2D eigenvalue weighted by molar-refractivity contribution is -0.120. The summed E-state index contributed by atoms with van der Waals surface area (Å²) in [5, 5.41) is 2.71. The molecule has 0 aromatic heterocycles. The van der Waals surface area contributed by atoms with Gasteiger partial charge in [-0.15, -0.1) is 0 Å². The first-order valence-electron chi connectivity index (χ1n) is 6.65. The number of hydrogen-bond donors (Lipinski definition) is 2. The van der Waals surface area contributed by atoms with Gasteiger partial charge >= 0.3 is 0 Å². The van der Waals surface area contributed by atoms with Crippen LogP contribution in [0.3, 0.4) is 0 Å². The highest BCUT2D eigenvalue weighted by molar-refractivity contribution is 5.92. The fourth-order valence-electron chi connectivity index (χ4n) is 1.71. The average Bonchev–Trinajstić information content (AvgIpc) is 2.48. The van der Waals surface area contributed by atoms with Crippen LogP contribution in [-0.4, -0.2) is 25.7 Å². The molecule has 0 aliphatic carbocycles. The summed E-state index contributed by atoms with van der Waals surface area (Å²) in [5.74, 6) is 0.561. The molecule has 21 heavy (non-hydrogen) atoms. The maximum atomic E-state index is 11.6. The maximum absolute atomic E-state index is 11.6. The van der Waals surface area contributed by atoms with Crippen LogP contribution in [-0.2, 0) is 9.53 Å². The van der Waals surface area contributed by atoms with E-state index in [1.165, 1.54) is 0 Å². The van der Waals surface area contributed by atoms with E-state index in [4.69, 9.17) is 15.2 Å². The van der Waals surface area contributed by atoms with Crippen LogP contribution in [0.2, 0.25) is 0 Å². The van der Waals surface area contributed by atoms with Crippen molar-refractivity contribution in [2.75, 3.05) is 30.9 Å². The Kier molecular flexibility index (Phi) is 5.60. The number of nitrogens with one attached hydrogen (secondary N) is 1. The summed E-state index contributed by atoms with van der Waals surface area (Å²) >= 11 is 0. The smallest absolute Gasteiger partial charge is 0.250 e. The standard InChI is InChI=1S/C16H18N2O3/c17-13-5-4-6-14(11-13)18-16(19)12-20-9-10-21-15-7-2-1-3-8-15/h1-8,11H,9-10,12,17H2,(H,18,19). The van der Waals surface area contributed by atoms with Gasteiger partial charge in [0.15, 0.2) is 0 Å². The van der Waals surface area contributed by atoms with Gasteiger partial charge in [0, 0.05) is 11.4 Å². The summed E-state index contributed by atoms with van der Waals surface area (Å²) in [4.78, 5) is 11.6. The molecule has 5 heteroatoms.